The zero-order valence-electron chi connectivity index (χ0n) is 24.0. The molecule has 0 aliphatic carbocycles. The number of carbonyl (C=O) groups excluding carboxylic acids is 2. The molecule has 0 aromatic rings. The molecular weight excluding hydrogens is 573 g/mol. The predicted octanol–water partition coefficient (Wildman–Crippen LogP) is 1.54. The van der Waals surface area contributed by atoms with E-state index < -0.39 is 11.1 Å². The number of hydrogen-bond acceptors (Lipinski definition) is 6. The van der Waals surface area contributed by atoms with Gasteiger partial charge in [0.2, 0.25) is 11.8 Å². The lowest BCUT2D eigenvalue weighted by Crippen LogP contribution is -2.50. The molecule has 2 saturated heterocycles. The minimum absolute atomic E-state index is 0.0466. The van der Waals surface area contributed by atoms with Gasteiger partial charge in [-0.3, -0.25) is 19.4 Å². The fraction of sp³-hybridized carbons (Fsp3) is 0.760. The Morgan fingerprint density at radius 2 is 1.03 bits per heavy atom. The lowest BCUT2D eigenvalue weighted by molar-refractivity contribution is -0.129. The Morgan fingerprint density at radius 3 is 1.33 bits per heavy atom. The molecular formula is C25H44N8O2S4. The number of nitrogens with zero attached hydrogens (tertiary/aromatic N) is 4. The topological polar surface area (TPSA) is 95.2 Å². The van der Waals surface area contributed by atoms with Crippen LogP contribution in [0.1, 0.15) is 60.8 Å². The SMILES string of the molecule is CCN1CC(=O)N(C(C)(C)CCNC(=S)NCCCNC(=S)NCCC(C)(C)N2C(=O)CN(CC)C2=S)C1=S. The molecule has 2 rings (SSSR count). The van der Waals surface area contributed by atoms with Gasteiger partial charge in [-0.1, -0.05) is 0 Å². The van der Waals surface area contributed by atoms with Gasteiger partial charge in [0.1, 0.15) is 0 Å². The van der Waals surface area contributed by atoms with Crippen molar-refractivity contribution < 1.29 is 9.59 Å². The van der Waals surface area contributed by atoms with E-state index >= 15 is 0 Å². The third-order valence-corrected chi connectivity index (χ3v) is 8.48. The molecule has 2 amide bonds. The van der Waals surface area contributed by atoms with Crippen molar-refractivity contribution in [1.82, 2.24) is 40.9 Å². The third kappa shape index (κ3) is 9.05. The first kappa shape index (κ1) is 33.3. The lowest BCUT2D eigenvalue weighted by atomic mass is 9.98. The Hall–Kier alpha value is -1.90. The van der Waals surface area contributed by atoms with Gasteiger partial charge in [0.25, 0.3) is 0 Å². The summed E-state index contributed by atoms with van der Waals surface area (Å²) in [5.74, 6) is 0.0931. The van der Waals surface area contributed by atoms with Gasteiger partial charge in [-0.15, -0.1) is 0 Å². The summed E-state index contributed by atoms with van der Waals surface area (Å²) in [6.07, 6.45) is 2.25. The molecule has 14 heteroatoms. The van der Waals surface area contributed by atoms with E-state index in [1.54, 1.807) is 9.80 Å². The molecule has 4 N–H and O–H groups in total. The van der Waals surface area contributed by atoms with Crippen molar-refractivity contribution in [2.45, 2.75) is 71.9 Å². The molecule has 0 spiro atoms. The van der Waals surface area contributed by atoms with Crippen molar-refractivity contribution in [3.8, 4) is 0 Å². The molecule has 2 fully saturated rings. The van der Waals surface area contributed by atoms with Crippen LogP contribution in [0.4, 0.5) is 0 Å². The van der Waals surface area contributed by atoms with Gasteiger partial charge >= 0.3 is 0 Å². The van der Waals surface area contributed by atoms with E-state index in [2.05, 4.69) is 21.3 Å². The van der Waals surface area contributed by atoms with Crippen molar-refractivity contribution >= 4 is 81.1 Å². The number of thiocarbonyl (C=S) groups is 4. The molecule has 2 aliphatic rings. The van der Waals surface area contributed by atoms with Crippen LogP contribution in [0.2, 0.25) is 0 Å². The average Bonchev–Trinajstić information content (AvgIpc) is 3.32. The van der Waals surface area contributed by atoms with Crippen molar-refractivity contribution in [3.63, 3.8) is 0 Å². The summed E-state index contributed by atoms with van der Waals surface area (Å²) in [7, 11) is 0. The first-order valence-electron chi connectivity index (χ1n) is 13.5. The molecule has 2 aliphatic heterocycles. The third-order valence-electron chi connectivity index (χ3n) is 7.02. The van der Waals surface area contributed by atoms with E-state index in [0.29, 0.717) is 72.6 Å². The molecule has 0 bridgehead atoms. The molecule has 0 aromatic heterocycles. The van der Waals surface area contributed by atoms with Crippen molar-refractivity contribution in [2.75, 3.05) is 52.4 Å². The summed E-state index contributed by atoms with van der Waals surface area (Å²) >= 11 is 21.8. The summed E-state index contributed by atoms with van der Waals surface area (Å²) in [6.45, 7) is 16.9. The number of likely N-dealkylation sites (N-methyl/N-ethyl adjacent to an activating group) is 2. The molecule has 0 radical (unpaired) electrons. The van der Waals surface area contributed by atoms with Crippen LogP contribution in [0.5, 0.6) is 0 Å². The number of rotatable bonds is 14. The zero-order chi connectivity index (χ0) is 29.4. The minimum atomic E-state index is -0.395. The molecule has 220 valence electrons. The predicted molar refractivity (Wildman–Crippen MR) is 173 cm³/mol. The molecule has 0 unspecified atom stereocenters. The van der Waals surface area contributed by atoms with Crippen LogP contribution in [0.15, 0.2) is 0 Å². The zero-order valence-corrected chi connectivity index (χ0v) is 27.3. The molecule has 0 aromatic carbocycles. The Morgan fingerprint density at radius 1 is 0.692 bits per heavy atom. The smallest absolute Gasteiger partial charge is 0.248 e. The van der Waals surface area contributed by atoms with Crippen LogP contribution in [-0.4, -0.2) is 115 Å². The summed E-state index contributed by atoms with van der Waals surface area (Å²) in [5, 5.41) is 15.2. The molecule has 10 nitrogen and oxygen atoms in total. The largest absolute Gasteiger partial charge is 0.363 e. The van der Waals surface area contributed by atoms with Gasteiger partial charge in [-0.2, -0.15) is 0 Å². The van der Waals surface area contributed by atoms with Crippen molar-refractivity contribution in [1.29, 1.82) is 0 Å². The summed E-state index contributed by atoms with van der Waals surface area (Å²) < 4.78 is 0. The number of nitrogens with one attached hydrogen (secondary N) is 4. The van der Waals surface area contributed by atoms with Crippen LogP contribution in [0.25, 0.3) is 0 Å². The lowest BCUT2D eigenvalue weighted by Gasteiger charge is -2.35. The summed E-state index contributed by atoms with van der Waals surface area (Å²) in [4.78, 5) is 32.2. The molecule has 0 saturated carbocycles. The Kier molecular flexibility index (Phi) is 12.5. The first-order chi connectivity index (χ1) is 18.2. The van der Waals surface area contributed by atoms with E-state index in [4.69, 9.17) is 48.9 Å². The molecule has 0 atom stereocenters. The summed E-state index contributed by atoms with van der Waals surface area (Å²) in [6, 6.07) is 0. The van der Waals surface area contributed by atoms with Gasteiger partial charge in [-0.05, 0) is 110 Å². The maximum atomic E-state index is 12.4. The maximum absolute atomic E-state index is 12.4. The van der Waals surface area contributed by atoms with Crippen LogP contribution < -0.4 is 21.3 Å². The second-order valence-electron chi connectivity index (χ2n) is 10.9. The second kappa shape index (κ2) is 14.6. The fourth-order valence-corrected chi connectivity index (χ4v) is 6.08. The monoisotopic (exact) mass is 616 g/mol. The van der Waals surface area contributed by atoms with E-state index in [1.165, 1.54) is 0 Å². The quantitative estimate of drug-likeness (QED) is 0.169. The Bertz CT molecular complexity index is 884. The van der Waals surface area contributed by atoms with Gasteiger partial charge in [0.05, 0.1) is 13.1 Å². The van der Waals surface area contributed by atoms with Crippen LogP contribution in [-0.2, 0) is 9.59 Å². The van der Waals surface area contributed by atoms with Gasteiger partial charge in [0.15, 0.2) is 20.4 Å². The number of hydrogen-bond donors (Lipinski definition) is 4. The Balaban J connectivity index is 1.58. The average molecular weight is 617 g/mol. The molecule has 39 heavy (non-hydrogen) atoms. The molecule has 2 heterocycles. The highest BCUT2D eigenvalue weighted by molar-refractivity contribution is 7.80. The van der Waals surface area contributed by atoms with Crippen LogP contribution in [0.3, 0.4) is 0 Å². The highest BCUT2D eigenvalue weighted by Crippen LogP contribution is 2.26. The van der Waals surface area contributed by atoms with Crippen LogP contribution >= 0.6 is 48.9 Å². The van der Waals surface area contributed by atoms with Gasteiger partial charge in [0, 0.05) is 50.3 Å². The van der Waals surface area contributed by atoms with E-state index in [1.807, 2.05) is 51.3 Å². The highest BCUT2D eigenvalue weighted by atomic mass is 32.1. The normalized spacial score (nSPS) is 16.4. The summed E-state index contributed by atoms with van der Waals surface area (Å²) in [5.41, 5.74) is -0.789. The maximum Gasteiger partial charge on any atom is 0.248 e. The minimum Gasteiger partial charge on any atom is -0.363 e. The highest BCUT2D eigenvalue weighted by Gasteiger charge is 2.42. The van der Waals surface area contributed by atoms with Crippen molar-refractivity contribution in [2.24, 2.45) is 0 Å². The van der Waals surface area contributed by atoms with Gasteiger partial charge < -0.3 is 31.1 Å². The van der Waals surface area contributed by atoms with Gasteiger partial charge in [-0.25, -0.2) is 0 Å². The fourth-order valence-electron chi connectivity index (χ4n) is 4.59. The second-order valence-corrected chi connectivity index (χ2v) is 12.4. The number of carbonyl (C=O) groups is 2. The van der Waals surface area contributed by atoms with E-state index in [9.17, 15) is 9.59 Å². The van der Waals surface area contributed by atoms with Crippen LogP contribution in [0, 0.1) is 0 Å². The van der Waals surface area contributed by atoms with E-state index in [0.717, 1.165) is 19.5 Å². The standard InChI is InChI=1S/C25H44N8O2S4/c1-7-30-16-18(34)32(22(30)38)24(3,4)10-14-28-20(36)26-12-9-13-27-21(37)29-15-11-25(5,6)33-19(35)17-31(8-2)23(33)39/h7-17H2,1-6H3,(H2,26,28,36)(H2,27,29,37). The Labute approximate surface area is 254 Å². The number of amides is 2. The van der Waals surface area contributed by atoms with Crippen molar-refractivity contribution in [3.05, 3.63) is 0 Å². The van der Waals surface area contributed by atoms with E-state index in [-0.39, 0.29) is 11.8 Å². The first-order valence-corrected chi connectivity index (χ1v) is 15.2.